The first kappa shape index (κ1) is 24.7. The molecule has 0 amide bonds. The number of aromatic nitrogens is 2. The molecule has 2 aliphatic heterocycles. The molecule has 0 radical (unpaired) electrons. The number of thioether (sulfide) groups is 1. The molecule has 3 aromatic rings. The predicted octanol–water partition coefficient (Wildman–Crippen LogP) is 4.91. The number of benzene rings is 1. The van der Waals surface area contributed by atoms with E-state index in [0.717, 1.165) is 62.2 Å². The Morgan fingerprint density at radius 3 is 2.61 bits per heavy atom. The van der Waals surface area contributed by atoms with Crippen LogP contribution in [0.4, 0.5) is 11.6 Å². The molecule has 8 heteroatoms. The van der Waals surface area contributed by atoms with Gasteiger partial charge in [-0.1, -0.05) is 0 Å². The number of nitrogens with one attached hydrogen (secondary N) is 2. The second-order valence-electron chi connectivity index (χ2n) is 9.72. The van der Waals surface area contributed by atoms with Crippen LogP contribution in [0.5, 0.6) is 0 Å². The van der Waals surface area contributed by atoms with E-state index < -0.39 is 0 Å². The summed E-state index contributed by atoms with van der Waals surface area (Å²) in [5, 5.41) is 10.2. The van der Waals surface area contributed by atoms with Gasteiger partial charge in [0.2, 0.25) is 0 Å². The first-order valence-electron chi connectivity index (χ1n) is 12.5. The molecule has 1 spiro atoms. The van der Waals surface area contributed by atoms with Crippen molar-refractivity contribution in [2.75, 3.05) is 43.4 Å². The molecular formula is C28H33BN6S. The van der Waals surface area contributed by atoms with E-state index in [4.69, 9.17) is 4.98 Å². The van der Waals surface area contributed by atoms with Gasteiger partial charge >= 0.3 is 219 Å². The normalized spacial score (nSPS) is 17.6. The first-order valence-corrected chi connectivity index (χ1v) is 13.4. The van der Waals surface area contributed by atoms with Crippen LogP contribution in [0.1, 0.15) is 30.9 Å². The van der Waals surface area contributed by atoms with Crippen LogP contribution < -0.4 is 15.5 Å². The second-order valence-corrected chi connectivity index (χ2v) is 11.0. The summed E-state index contributed by atoms with van der Waals surface area (Å²) in [6.07, 6.45) is 6.30. The van der Waals surface area contributed by atoms with Crippen LogP contribution in [-0.2, 0) is 0 Å². The molecule has 0 atom stereocenters. The van der Waals surface area contributed by atoms with Crippen LogP contribution in [-0.4, -0.2) is 60.7 Å². The molecular weight excluding hydrogens is 463 g/mol. The van der Waals surface area contributed by atoms with E-state index in [2.05, 4.69) is 82.2 Å². The number of piperidine rings is 1. The summed E-state index contributed by atoms with van der Waals surface area (Å²) in [5.41, 5.74) is 3.76. The molecule has 2 saturated heterocycles. The molecule has 5 rings (SSSR count). The number of anilines is 2. The Bertz CT molecular complexity index is 1340. The number of aliphatic imine (C=N–C) groups is 1. The van der Waals surface area contributed by atoms with E-state index in [0.29, 0.717) is 5.41 Å². The summed E-state index contributed by atoms with van der Waals surface area (Å²) < 4.78 is 0. The van der Waals surface area contributed by atoms with Crippen molar-refractivity contribution in [3.05, 3.63) is 66.5 Å². The minimum absolute atomic E-state index is 0.527. The molecule has 6 nitrogen and oxygen atoms in total. The van der Waals surface area contributed by atoms with Gasteiger partial charge in [0.25, 0.3) is 0 Å². The fourth-order valence-electron chi connectivity index (χ4n) is 4.92. The number of fused-ring (bicyclic) bond motifs is 1. The predicted molar refractivity (Wildman–Crippen MR) is 158 cm³/mol. The number of rotatable bonds is 6. The molecule has 2 aromatic heterocycles. The molecule has 2 N–H and O–H groups in total. The third-order valence-electron chi connectivity index (χ3n) is 7.39. The maximum atomic E-state index is 4.69. The van der Waals surface area contributed by atoms with Crippen molar-refractivity contribution >= 4 is 56.6 Å². The summed E-state index contributed by atoms with van der Waals surface area (Å²) in [7, 11) is 1.80. The molecule has 2 fully saturated rings. The number of pyridine rings is 2. The summed E-state index contributed by atoms with van der Waals surface area (Å²) in [4.78, 5) is 17.0. The maximum absolute atomic E-state index is 4.69. The quantitative estimate of drug-likeness (QED) is 0.287. The SMILES string of the molecule is C=C(S/C(C)=N\C)c1ccc2cnc(N/C(=B\C)c3ccnc(N4CCC5(CC4)CNC5)c3)cc2c1. The van der Waals surface area contributed by atoms with Gasteiger partial charge in [-0.15, -0.1) is 0 Å². The van der Waals surface area contributed by atoms with E-state index in [9.17, 15) is 0 Å². The third kappa shape index (κ3) is 5.25. The molecule has 0 bridgehead atoms. The average molecular weight is 496 g/mol. The molecule has 1 aromatic carbocycles. The first-order chi connectivity index (χ1) is 17.5. The van der Waals surface area contributed by atoms with E-state index in [1.54, 1.807) is 18.8 Å². The van der Waals surface area contributed by atoms with Gasteiger partial charge in [-0.2, -0.15) is 0 Å². The van der Waals surface area contributed by atoms with Crippen molar-refractivity contribution < 1.29 is 0 Å². The molecule has 36 heavy (non-hydrogen) atoms. The van der Waals surface area contributed by atoms with Crippen molar-refractivity contribution in [3.8, 4) is 0 Å². The zero-order chi connectivity index (χ0) is 25.1. The van der Waals surface area contributed by atoms with Gasteiger partial charge in [-0.05, 0) is 0 Å². The van der Waals surface area contributed by atoms with Gasteiger partial charge in [0, 0.05) is 0 Å². The fraction of sp³-hybridized carbons (Fsp3) is 0.357. The van der Waals surface area contributed by atoms with Gasteiger partial charge in [-0.3, -0.25) is 0 Å². The monoisotopic (exact) mass is 496 g/mol. The Kier molecular flexibility index (Phi) is 7.26. The van der Waals surface area contributed by atoms with Crippen LogP contribution in [0, 0.1) is 5.41 Å². The van der Waals surface area contributed by atoms with Gasteiger partial charge in [0.1, 0.15) is 0 Å². The Morgan fingerprint density at radius 2 is 1.92 bits per heavy atom. The summed E-state index contributed by atoms with van der Waals surface area (Å²) in [6, 6.07) is 12.7. The van der Waals surface area contributed by atoms with Gasteiger partial charge < -0.3 is 0 Å². The fourth-order valence-corrected chi connectivity index (χ4v) is 5.61. The molecule has 4 heterocycles. The topological polar surface area (TPSA) is 65.4 Å². The van der Waals surface area contributed by atoms with E-state index in [1.165, 1.54) is 25.9 Å². The second kappa shape index (κ2) is 10.6. The molecule has 0 aliphatic carbocycles. The third-order valence-corrected chi connectivity index (χ3v) is 8.35. The van der Waals surface area contributed by atoms with Crippen molar-refractivity contribution in [1.82, 2.24) is 15.3 Å². The average Bonchev–Trinajstić information content (AvgIpc) is 2.90. The van der Waals surface area contributed by atoms with Crippen LogP contribution in [0.2, 0.25) is 6.82 Å². The van der Waals surface area contributed by atoms with Crippen molar-refractivity contribution in [1.29, 1.82) is 0 Å². The summed E-state index contributed by atoms with van der Waals surface area (Å²) >= 11 is 1.60. The van der Waals surface area contributed by atoms with Gasteiger partial charge in [0.15, 0.2) is 0 Å². The summed E-state index contributed by atoms with van der Waals surface area (Å²) in [6.45, 7) is 14.9. The number of hydrogen-bond donors (Lipinski definition) is 2. The number of hydrogen-bond acceptors (Lipinski definition) is 7. The molecule has 0 unspecified atom stereocenters. The van der Waals surface area contributed by atoms with Crippen molar-refractivity contribution in [3.63, 3.8) is 0 Å². The van der Waals surface area contributed by atoms with E-state index in [-0.39, 0.29) is 0 Å². The molecule has 184 valence electrons. The standard InChI is InChI=1S/C28H33BN6S/c1-19(36-20(2)30-4)21-5-6-23-16-33-25(14-24(23)13-21)34-27(29-3)22-7-10-32-26(15-22)35-11-8-28(9-12-35)17-31-18-28/h5-7,10,13-16,31H,1,8-9,11-12,17-18H2,2-4H3,(H,33,34)/b30-20-. The Morgan fingerprint density at radius 1 is 1.11 bits per heavy atom. The Hall–Kier alpha value is -2.97. The van der Waals surface area contributed by atoms with Crippen molar-refractivity contribution in [2.45, 2.75) is 26.6 Å². The van der Waals surface area contributed by atoms with Crippen molar-refractivity contribution in [2.24, 2.45) is 10.4 Å². The van der Waals surface area contributed by atoms with E-state index in [1.807, 2.05) is 19.3 Å². The van der Waals surface area contributed by atoms with Crippen LogP contribution >= 0.6 is 11.8 Å². The van der Waals surface area contributed by atoms with Gasteiger partial charge in [-0.25, -0.2) is 0 Å². The van der Waals surface area contributed by atoms with E-state index >= 15 is 0 Å². The summed E-state index contributed by atoms with van der Waals surface area (Å²) in [5.74, 6) is 1.86. The zero-order valence-electron chi connectivity index (χ0n) is 21.3. The van der Waals surface area contributed by atoms with Crippen LogP contribution in [0.3, 0.4) is 0 Å². The molecule has 0 saturated carbocycles. The molecule has 2 aliphatic rings. The zero-order valence-corrected chi connectivity index (χ0v) is 22.2. The Labute approximate surface area is 218 Å². The van der Waals surface area contributed by atoms with Crippen LogP contribution in [0.15, 0.2) is 60.4 Å². The number of nitrogens with zero attached hydrogens (tertiary/aromatic N) is 4. The van der Waals surface area contributed by atoms with Crippen LogP contribution in [0.25, 0.3) is 15.7 Å². The minimum atomic E-state index is 0.527. The Balaban J connectivity index is 1.33. The van der Waals surface area contributed by atoms with Gasteiger partial charge in [0.05, 0.1) is 0 Å².